The van der Waals surface area contributed by atoms with Crippen molar-refractivity contribution in [2.45, 2.75) is 44.8 Å². The van der Waals surface area contributed by atoms with Crippen molar-refractivity contribution in [2.75, 3.05) is 13.2 Å². The minimum absolute atomic E-state index is 0.00603. The summed E-state index contributed by atoms with van der Waals surface area (Å²) in [4.78, 5) is 0. The predicted molar refractivity (Wildman–Crippen MR) is 98.9 cm³/mol. The molecule has 2 aliphatic rings. The van der Waals surface area contributed by atoms with Crippen molar-refractivity contribution in [1.29, 1.82) is 0 Å². The molecule has 1 N–H and O–H groups in total. The Hall–Kier alpha value is -1.98. The summed E-state index contributed by atoms with van der Waals surface area (Å²) in [5.41, 5.74) is 3.46. The summed E-state index contributed by atoms with van der Waals surface area (Å²) in [7, 11) is 0. The molecule has 0 saturated carbocycles. The van der Waals surface area contributed by atoms with Gasteiger partial charge in [-0.05, 0) is 61.6 Å². The van der Waals surface area contributed by atoms with E-state index >= 15 is 0 Å². The van der Waals surface area contributed by atoms with Crippen molar-refractivity contribution in [1.82, 2.24) is 9.78 Å². The Morgan fingerprint density at radius 1 is 1.23 bits per heavy atom. The molecule has 2 aromatic rings. The van der Waals surface area contributed by atoms with Gasteiger partial charge in [0.25, 0.3) is 0 Å². The van der Waals surface area contributed by atoms with Crippen LogP contribution in [0.3, 0.4) is 0 Å². The largest absolute Gasteiger partial charge is 0.396 e. The van der Waals surface area contributed by atoms with Gasteiger partial charge in [0, 0.05) is 30.5 Å². The lowest BCUT2D eigenvalue weighted by Gasteiger charge is -2.22. The van der Waals surface area contributed by atoms with Gasteiger partial charge >= 0.3 is 0 Å². The summed E-state index contributed by atoms with van der Waals surface area (Å²) in [5.74, 6) is 0.117. The summed E-state index contributed by atoms with van der Waals surface area (Å²) in [6, 6.07) is 5.42. The van der Waals surface area contributed by atoms with Crippen LogP contribution in [-0.2, 0) is 4.74 Å². The summed E-state index contributed by atoms with van der Waals surface area (Å²) < 4.78 is 22.3. The number of benzene rings is 1. The third-order valence-corrected chi connectivity index (χ3v) is 5.48. The van der Waals surface area contributed by atoms with Crippen LogP contribution in [0.5, 0.6) is 0 Å². The fraction of sp³-hybridized carbons (Fsp3) is 0.476. The third-order valence-electron chi connectivity index (χ3n) is 5.48. The SMILES string of the molecule is OCC1CC=C(c2ccc(-c3cnn(C4CCCCO4)c3)cc2F)CC1. The molecule has 138 valence electrons. The number of nitrogens with zero attached hydrogens (tertiary/aromatic N) is 2. The maximum atomic E-state index is 14.7. The molecule has 26 heavy (non-hydrogen) atoms. The number of allylic oxidation sites excluding steroid dienone is 2. The first-order chi connectivity index (χ1) is 12.7. The van der Waals surface area contributed by atoms with Gasteiger partial charge in [0.15, 0.2) is 0 Å². The third kappa shape index (κ3) is 3.60. The lowest BCUT2D eigenvalue weighted by Crippen LogP contribution is -2.18. The first-order valence-corrected chi connectivity index (χ1v) is 9.50. The maximum absolute atomic E-state index is 14.7. The highest BCUT2D eigenvalue weighted by atomic mass is 19.1. The molecule has 4 nitrogen and oxygen atoms in total. The molecule has 1 fully saturated rings. The van der Waals surface area contributed by atoms with Crippen LogP contribution in [0.4, 0.5) is 4.39 Å². The first-order valence-electron chi connectivity index (χ1n) is 9.50. The molecule has 2 heterocycles. The molecule has 0 amide bonds. The van der Waals surface area contributed by atoms with E-state index in [0.29, 0.717) is 11.5 Å². The second-order valence-corrected chi connectivity index (χ2v) is 7.28. The van der Waals surface area contributed by atoms with E-state index in [1.807, 2.05) is 23.0 Å². The molecule has 0 spiro atoms. The Labute approximate surface area is 153 Å². The van der Waals surface area contributed by atoms with Crippen molar-refractivity contribution in [2.24, 2.45) is 5.92 Å². The van der Waals surface area contributed by atoms with E-state index in [9.17, 15) is 9.50 Å². The topological polar surface area (TPSA) is 47.3 Å². The van der Waals surface area contributed by atoms with E-state index in [4.69, 9.17) is 4.74 Å². The molecule has 1 aliphatic heterocycles. The standard InChI is InChI=1S/C21H25FN2O2/c22-20-11-17(8-9-19(20)16-6-4-15(14-25)5-7-16)18-12-23-24(13-18)21-3-1-2-10-26-21/h6,8-9,11-13,15,21,25H,1-5,7,10,14H2. The van der Waals surface area contributed by atoms with Crippen molar-refractivity contribution in [3.8, 4) is 11.1 Å². The highest BCUT2D eigenvalue weighted by Gasteiger charge is 2.19. The van der Waals surface area contributed by atoms with Gasteiger partial charge in [-0.3, -0.25) is 0 Å². The fourth-order valence-corrected chi connectivity index (χ4v) is 3.83. The molecule has 1 aromatic heterocycles. The highest BCUT2D eigenvalue weighted by Crippen LogP contribution is 2.33. The highest BCUT2D eigenvalue weighted by molar-refractivity contribution is 5.71. The van der Waals surface area contributed by atoms with Crippen LogP contribution in [-0.4, -0.2) is 28.1 Å². The molecule has 2 atom stereocenters. The molecule has 1 saturated heterocycles. The summed E-state index contributed by atoms with van der Waals surface area (Å²) in [6.07, 6.45) is 11.6. The van der Waals surface area contributed by atoms with Crippen LogP contribution in [0.15, 0.2) is 36.7 Å². The Balaban J connectivity index is 1.53. The second-order valence-electron chi connectivity index (χ2n) is 7.28. The molecule has 1 aliphatic carbocycles. The number of ether oxygens (including phenoxy) is 1. The molecule has 5 heteroatoms. The fourth-order valence-electron chi connectivity index (χ4n) is 3.83. The zero-order valence-electron chi connectivity index (χ0n) is 14.9. The average molecular weight is 356 g/mol. The van der Waals surface area contributed by atoms with Gasteiger partial charge in [0.2, 0.25) is 0 Å². The average Bonchev–Trinajstić information content (AvgIpc) is 3.19. The normalized spacial score (nSPS) is 23.7. The lowest BCUT2D eigenvalue weighted by atomic mass is 9.86. The lowest BCUT2D eigenvalue weighted by molar-refractivity contribution is -0.0394. The maximum Gasteiger partial charge on any atom is 0.150 e. The predicted octanol–water partition coefficient (Wildman–Crippen LogP) is 4.56. The van der Waals surface area contributed by atoms with E-state index < -0.39 is 0 Å². The Kier molecular flexibility index (Phi) is 5.18. The smallest absolute Gasteiger partial charge is 0.150 e. The molecular formula is C21H25FN2O2. The number of aliphatic hydroxyl groups excluding tert-OH is 1. The number of halogens is 1. The molecular weight excluding hydrogens is 331 g/mol. The molecule has 0 radical (unpaired) electrons. The van der Waals surface area contributed by atoms with Gasteiger partial charge in [-0.15, -0.1) is 0 Å². The monoisotopic (exact) mass is 356 g/mol. The van der Waals surface area contributed by atoms with Crippen LogP contribution in [0.1, 0.15) is 50.3 Å². The quantitative estimate of drug-likeness (QED) is 0.873. The number of aromatic nitrogens is 2. The van der Waals surface area contributed by atoms with E-state index in [2.05, 4.69) is 11.2 Å². The van der Waals surface area contributed by atoms with Crippen LogP contribution < -0.4 is 0 Å². The van der Waals surface area contributed by atoms with Gasteiger partial charge in [0.1, 0.15) is 12.0 Å². The zero-order chi connectivity index (χ0) is 17.9. The number of hydrogen-bond donors (Lipinski definition) is 1. The molecule has 2 unspecified atom stereocenters. The van der Waals surface area contributed by atoms with Crippen LogP contribution in [0.25, 0.3) is 16.7 Å². The summed E-state index contributed by atoms with van der Waals surface area (Å²) in [5, 5.41) is 13.7. The Morgan fingerprint density at radius 3 is 2.85 bits per heavy atom. The van der Waals surface area contributed by atoms with Gasteiger partial charge < -0.3 is 9.84 Å². The van der Waals surface area contributed by atoms with Crippen molar-refractivity contribution in [3.05, 3.63) is 48.0 Å². The zero-order valence-corrected chi connectivity index (χ0v) is 14.9. The minimum Gasteiger partial charge on any atom is -0.396 e. The molecule has 4 rings (SSSR count). The van der Waals surface area contributed by atoms with E-state index in [1.165, 1.54) is 0 Å². The van der Waals surface area contributed by atoms with E-state index in [0.717, 1.165) is 61.8 Å². The summed E-state index contributed by atoms with van der Waals surface area (Å²) in [6.45, 7) is 0.981. The first kappa shape index (κ1) is 17.4. The van der Waals surface area contributed by atoms with E-state index in [-0.39, 0.29) is 18.7 Å². The van der Waals surface area contributed by atoms with Gasteiger partial charge in [0.05, 0.1) is 6.20 Å². The van der Waals surface area contributed by atoms with Gasteiger partial charge in [-0.2, -0.15) is 5.10 Å². The van der Waals surface area contributed by atoms with Crippen LogP contribution in [0.2, 0.25) is 0 Å². The minimum atomic E-state index is -0.196. The molecule has 0 bridgehead atoms. The van der Waals surface area contributed by atoms with Crippen LogP contribution in [0, 0.1) is 11.7 Å². The molecule has 1 aromatic carbocycles. The second kappa shape index (κ2) is 7.72. The van der Waals surface area contributed by atoms with Gasteiger partial charge in [-0.25, -0.2) is 9.07 Å². The van der Waals surface area contributed by atoms with Crippen molar-refractivity contribution in [3.63, 3.8) is 0 Å². The number of hydrogen-bond acceptors (Lipinski definition) is 3. The number of aliphatic hydroxyl groups is 1. The number of rotatable bonds is 4. The Bertz CT molecular complexity index is 793. The Morgan fingerprint density at radius 2 is 2.15 bits per heavy atom. The van der Waals surface area contributed by atoms with Crippen molar-refractivity contribution < 1.29 is 14.2 Å². The van der Waals surface area contributed by atoms with Crippen molar-refractivity contribution >= 4 is 5.57 Å². The van der Waals surface area contributed by atoms with E-state index in [1.54, 1.807) is 12.3 Å². The van der Waals surface area contributed by atoms with Gasteiger partial charge in [-0.1, -0.05) is 18.2 Å². The van der Waals surface area contributed by atoms with Crippen LogP contribution >= 0.6 is 0 Å². The summed E-state index contributed by atoms with van der Waals surface area (Å²) >= 11 is 0.